The lowest BCUT2D eigenvalue weighted by atomic mass is 10.1. The largest absolute Gasteiger partial charge is 0.465 e. The van der Waals surface area contributed by atoms with Crippen molar-refractivity contribution in [3.8, 4) is 0 Å². The summed E-state index contributed by atoms with van der Waals surface area (Å²) in [4.78, 5) is 14.4. The molecule has 0 saturated heterocycles. The summed E-state index contributed by atoms with van der Waals surface area (Å²) >= 11 is 0. The van der Waals surface area contributed by atoms with Gasteiger partial charge in [0, 0.05) is 23.7 Å². The van der Waals surface area contributed by atoms with Crippen LogP contribution in [0.25, 0.3) is 10.9 Å². The van der Waals surface area contributed by atoms with E-state index in [0.29, 0.717) is 12.0 Å². The first-order chi connectivity index (χ1) is 7.76. The van der Waals surface area contributed by atoms with Gasteiger partial charge in [-0.3, -0.25) is 0 Å². The van der Waals surface area contributed by atoms with E-state index in [1.807, 2.05) is 12.3 Å². The van der Waals surface area contributed by atoms with Crippen LogP contribution in [0, 0.1) is 0 Å². The van der Waals surface area contributed by atoms with Crippen LogP contribution in [0.1, 0.15) is 15.9 Å². The Morgan fingerprint density at radius 1 is 1.50 bits per heavy atom. The minimum absolute atomic E-state index is 0.117. The Morgan fingerprint density at radius 2 is 2.31 bits per heavy atom. The van der Waals surface area contributed by atoms with Crippen molar-refractivity contribution in [2.24, 2.45) is 0 Å². The number of aromatic nitrogens is 1. The van der Waals surface area contributed by atoms with Crippen molar-refractivity contribution < 1.29 is 14.6 Å². The van der Waals surface area contributed by atoms with E-state index in [1.54, 1.807) is 12.1 Å². The fourth-order valence-corrected chi connectivity index (χ4v) is 1.76. The first-order valence-corrected chi connectivity index (χ1v) is 5.05. The number of carbonyl (C=O) groups excluding carboxylic acids is 1. The van der Waals surface area contributed by atoms with Gasteiger partial charge in [0.1, 0.15) is 0 Å². The lowest BCUT2D eigenvalue weighted by Crippen LogP contribution is -2.00. The summed E-state index contributed by atoms with van der Waals surface area (Å²) in [5.41, 5.74) is 2.45. The Balaban J connectivity index is 2.44. The van der Waals surface area contributed by atoms with Gasteiger partial charge >= 0.3 is 5.97 Å². The van der Waals surface area contributed by atoms with Gasteiger partial charge in [0.15, 0.2) is 0 Å². The number of aromatic amines is 1. The van der Waals surface area contributed by atoms with E-state index in [2.05, 4.69) is 9.72 Å². The molecule has 1 aromatic heterocycles. The Labute approximate surface area is 92.9 Å². The molecule has 2 aromatic rings. The summed E-state index contributed by atoms with van der Waals surface area (Å²) in [6.45, 7) is 0.117. The van der Waals surface area contributed by atoms with Crippen LogP contribution >= 0.6 is 0 Å². The summed E-state index contributed by atoms with van der Waals surface area (Å²) in [5, 5.41) is 9.92. The number of carbonyl (C=O) groups is 1. The number of nitrogens with one attached hydrogen (secondary N) is 1. The number of aliphatic hydroxyl groups is 1. The van der Waals surface area contributed by atoms with Gasteiger partial charge in [-0.1, -0.05) is 6.07 Å². The lowest BCUT2D eigenvalue weighted by molar-refractivity contribution is 0.0601. The van der Waals surface area contributed by atoms with Crippen molar-refractivity contribution in [2.45, 2.75) is 6.42 Å². The highest BCUT2D eigenvalue weighted by Crippen LogP contribution is 2.20. The fraction of sp³-hybridized carbons (Fsp3) is 0.250. The smallest absolute Gasteiger partial charge is 0.337 e. The van der Waals surface area contributed by atoms with Gasteiger partial charge in [-0.25, -0.2) is 4.79 Å². The molecule has 0 aliphatic rings. The second-order valence-electron chi connectivity index (χ2n) is 3.54. The van der Waals surface area contributed by atoms with Gasteiger partial charge in [0.25, 0.3) is 0 Å². The van der Waals surface area contributed by atoms with Gasteiger partial charge in [-0.2, -0.15) is 0 Å². The first-order valence-electron chi connectivity index (χ1n) is 5.05. The van der Waals surface area contributed by atoms with Crippen molar-refractivity contribution in [3.05, 3.63) is 35.5 Å². The number of methoxy groups -OCH3 is 1. The molecule has 2 rings (SSSR count). The van der Waals surface area contributed by atoms with Crippen LogP contribution < -0.4 is 0 Å². The molecule has 0 spiro atoms. The number of ether oxygens (including phenoxy) is 1. The highest BCUT2D eigenvalue weighted by molar-refractivity contribution is 5.95. The fourth-order valence-electron chi connectivity index (χ4n) is 1.76. The molecule has 0 unspecified atom stereocenters. The number of benzene rings is 1. The SMILES string of the molecule is COC(=O)c1ccc2c(CCO)c[nH]c2c1. The number of rotatable bonds is 3. The van der Waals surface area contributed by atoms with Crippen molar-refractivity contribution in [2.75, 3.05) is 13.7 Å². The number of fused-ring (bicyclic) bond motifs is 1. The Kier molecular flexibility index (Phi) is 2.92. The number of esters is 1. The van der Waals surface area contributed by atoms with Gasteiger partial charge in [-0.15, -0.1) is 0 Å². The van der Waals surface area contributed by atoms with Crippen molar-refractivity contribution >= 4 is 16.9 Å². The predicted octanol–water partition coefficient (Wildman–Crippen LogP) is 1.49. The molecule has 0 amide bonds. The zero-order valence-electron chi connectivity index (χ0n) is 8.99. The third-order valence-corrected chi connectivity index (χ3v) is 2.57. The van der Waals surface area contributed by atoms with Crippen LogP contribution in [0.2, 0.25) is 0 Å². The van der Waals surface area contributed by atoms with E-state index < -0.39 is 0 Å². The molecule has 16 heavy (non-hydrogen) atoms. The zero-order valence-corrected chi connectivity index (χ0v) is 8.99. The van der Waals surface area contributed by atoms with E-state index in [-0.39, 0.29) is 12.6 Å². The quantitative estimate of drug-likeness (QED) is 0.769. The molecule has 0 aliphatic heterocycles. The second-order valence-corrected chi connectivity index (χ2v) is 3.54. The van der Waals surface area contributed by atoms with Crippen LogP contribution in [0.3, 0.4) is 0 Å². The average Bonchev–Trinajstić information content (AvgIpc) is 2.71. The number of hydrogen-bond acceptors (Lipinski definition) is 3. The molecular formula is C12H13NO3. The molecule has 0 fully saturated rings. The van der Waals surface area contributed by atoms with E-state index in [0.717, 1.165) is 16.5 Å². The van der Waals surface area contributed by atoms with Crippen LogP contribution in [0.15, 0.2) is 24.4 Å². The summed E-state index contributed by atoms with van der Waals surface area (Å²) in [6, 6.07) is 5.34. The van der Waals surface area contributed by atoms with E-state index in [9.17, 15) is 4.79 Å². The van der Waals surface area contributed by atoms with Gasteiger partial charge < -0.3 is 14.8 Å². The topological polar surface area (TPSA) is 62.3 Å². The van der Waals surface area contributed by atoms with Gasteiger partial charge in [0.05, 0.1) is 12.7 Å². The minimum Gasteiger partial charge on any atom is -0.465 e. The maximum absolute atomic E-state index is 11.3. The summed E-state index contributed by atoms with van der Waals surface area (Å²) in [7, 11) is 1.36. The number of hydrogen-bond donors (Lipinski definition) is 2. The third kappa shape index (κ3) is 1.79. The monoisotopic (exact) mass is 219 g/mol. The van der Waals surface area contributed by atoms with E-state index >= 15 is 0 Å². The number of H-pyrrole nitrogens is 1. The van der Waals surface area contributed by atoms with Gasteiger partial charge in [-0.05, 0) is 24.1 Å². The molecule has 84 valence electrons. The van der Waals surface area contributed by atoms with Crippen LogP contribution in [-0.4, -0.2) is 29.8 Å². The molecule has 1 aromatic carbocycles. The summed E-state index contributed by atoms with van der Waals surface area (Å²) in [5.74, 6) is -0.347. The summed E-state index contributed by atoms with van der Waals surface area (Å²) < 4.78 is 4.65. The molecule has 4 heteroatoms. The Morgan fingerprint density at radius 3 is 3.00 bits per heavy atom. The number of aliphatic hydroxyl groups excluding tert-OH is 1. The molecule has 0 atom stereocenters. The van der Waals surface area contributed by atoms with Crippen LogP contribution in [-0.2, 0) is 11.2 Å². The first kappa shape index (κ1) is 10.7. The van der Waals surface area contributed by atoms with Crippen LogP contribution in [0.4, 0.5) is 0 Å². The highest BCUT2D eigenvalue weighted by atomic mass is 16.5. The molecule has 0 saturated carbocycles. The van der Waals surface area contributed by atoms with Crippen molar-refractivity contribution in [1.82, 2.24) is 4.98 Å². The molecule has 2 N–H and O–H groups in total. The molecule has 1 heterocycles. The molecular weight excluding hydrogens is 206 g/mol. The Bertz CT molecular complexity index is 516. The highest BCUT2D eigenvalue weighted by Gasteiger charge is 2.08. The standard InChI is InChI=1S/C12H13NO3/c1-16-12(15)8-2-3-10-9(4-5-14)7-13-11(10)6-8/h2-3,6-7,13-14H,4-5H2,1H3. The predicted molar refractivity (Wildman–Crippen MR) is 60.4 cm³/mol. The molecule has 4 nitrogen and oxygen atoms in total. The van der Waals surface area contributed by atoms with Crippen molar-refractivity contribution in [3.63, 3.8) is 0 Å². The Hall–Kier alpha value is -1.81. The minimum atomic E-state index is -0.347. The average molecular weight is 219 g/mol. The van der Waals surface area contributed by atoms with E-state index in [1.165, 1.54) is 7.11 Å². The maximum Gasteiger partial charge on any atom is 0.337 e. The molecule has 0 radical (unpaired) electrons. The maximum atomic E-state index is 11.3. The zero-order chi connectivity index (χ0) is 11.5. The van der Waals surface area contributed by atoms with Crippen LogP contribution in [0.5, 0.6) is 0 Å². The lowest BCUT2D eigenvalue weighted by Gasteiger charge is -2.00. The summed E-state index contributed by atoms with van der Waals surface area (Å²) in [6.07, 6.45) is 2.46. The van der Waals surface area contributed by atoms with E-state index in [4.69, 9.17) is 5.11 Å². The normalized spacial score (nSPS) is 10.6. The second kappa shape index (κ2) is 4.37. The van der Waals surface area contributed by atoms with Gasteiger partial charge in [0.2, 0.25) is 0 Å². The molecule has 0 bridgehead atoms. The third-order valence-electron chi connectivity index (χ3n) is 2.57. The van der Waals surface area contributed by atoms with Crippen molar-refractivity contribution in [1.29, 1.82) is 0 Å². The molecule has 0 aliphatic carbocycles.